The minimum Gasteiger partial charge on any atom is -0.381 e. The fraction of sp³-hybridized carbons (Fsp3) is 0.200. The molecule has 0 aromatic heterocycles. The highest BCUT2D eigenvalue weighted by atomic mass is 79.9. The van der Waals surface area contributed by atoms with Gasteiger partial charge in [0.25, 0.3) is 0 Å². The Kier molecular flexibility index (Phi) is 4.00. The molecule has 0 saturated heterocycles. The Morgan fingerprint density at radius 2 is 1.84 bits per heavy atom. The van der Waals surface area contributed by atoms with Gasteiger partial charge in [-0.1, -0.05) is 39.7 Å². The van der Waals surface area contributed by atoms with Gasteiger partial charge in [0.1, 0.15) is 11.4 Å². The van der Waals surface area contributed by atoms with Gasteiger partial charge in [-0.05, 0) is 49.2 Å². The van der Waals surface area contributed by atoms with E-state index in [1.807, 2.05) is 6.92 Å². The van der Waals surface area contributed by atoms with Crippen LogP contribution in [0.1, 0.15) is 23.6 Å². The predicted octanol–water partition coefficient (Wildman–Crippen LogP) is 4.81. The van der Waals surface area contributed by atoms with Crippen molar-refractivity contribution >= 4 is 27.5 Å². The van der Waals surface area contributed by atoms with Crippen molar-refractivity contribution < 1.29 is 9.50 Å². The Morgan fingerprint density at radius 3 is 2.47 bits per heavy atom. The molecule has 0 aliphatic carbocycles. The van der Waals surface area contributed by atoms with E-state index in [0.29, 0.717) is 16.1 Å². The number of halogens is 3. The normalized spacial score (nSPS) is 14.2. The first kappa shape index (κ1) is 14.5. The fourth-order valence-electron chi connectivity index (χ4n) is 2.15. The topological polar surface area (TPSA) is 20.2 Å². The second-order valence-electron chi connectivity index (χ2n) is 4.66. The van der Waals surface area contributed by atoms with E-state index in [2.05, 4.69) is 15.9 Å². The second-order valence-corrected chi connectivity index (χ2v) is 5.98. The van der Waals surface area contributed by atoms with Crippen LogP contribution in [0.15, 0.2) is 40.9 Å². The van der Waals surface area contributed by atoms with Crippen molar-refractivity contribution in [2.75, 3.05) is 0 Å². The van der Waals surface area contributed by atoms with E-state index < -0.39 is 5.60 Å². The van der Waals surface area contributed by atoms with Gasteiger partial charge in [0.05, 0.1) is 0 Å². The number of hydrogen-bond acceptors (Lipinski definition) is 1. The molecule has 0 amide bonds. The molecule has 0 spiro atoms. The van der Waals surface area contributed by atoms with E-state index in [1.54, 1.807) is 31.2 Å². The Labute approximate surface area is 125 Å². The Balaban J connectivity index is 2.61. The predicted molar refractivity (Wildman–Crippen MR) is 79.0 cm³/mol. The van der Waals surface area contributed by atoms with Crippen molar-refractivity contribution in [2.45, 2.75) is 19.4 Å². The highest BCUT2D eigenvalue weighted by molar-refractivity contribution is 9.10. The minimum absolute atomic E-state index is 0.380. The average molecular weight is 344 g/mol. The van der Waals surface area contributed by atoms with Crippen molar-refractivity contribution in [3.05, 3.63) is 68.4 Å². The van der Waals surface area contributed by atoms with Gasteiger partial charge in [-0.3, -0.25) is 0 Å². The van der Waals surface area contributed by atoms with Crippen LogP contribution in [0.5, 0.6) is 0 Å². The zero-order valence-electron chi connectivity index (χ0n) is 10.5. The molecule has 2 aromatic carbocycles. The van der Waals surface area contributed by atoms with E-state index in [-0.39, 0.29) is 5.82 Å². The third-order valence-electron chi connectivity index (χ3n) is 3.18. The fourth-order valence-corrected chi connectivity index (χ4v) is 3.01. The van der Waals surface area contributed by atoms with Crippen molar-refractivity contribution in [1.82, 2.24) is 0 Å². The molecule has 4 heteroatoms. The number of aryl methyl sites for hydroxylation is 1. The quantitative estimate of drug-likeness (QED) is 0.830. The first-order valence-electron chi connectivity index (χ1n) is 5.77. The molecule has 0 aliphatic rings. The maximum atomic E-state index is 13.4. The van der Waals surface area contributed by atoms with Gasteiger partial charge in [0.2, 0.25) is 0 Å². The lowest BCUT2D eigenvalue weighted by Crippen LogP contribution is -2.24. The maximum Gasteiger partial charge on any atom is 0.123 e. The monoisotopic (exact) mass is 342 g/mol. The third kappa shape index (κ3) is 2.83. The molecule has 2 rings (SSSR count). The largest absolute Gasteiger partial charge is 0.381 e. The van der Waals surface area contributed by atoms with E-state index in [9.17, 15) is 9.50 Å². The summed E-state index contributed by atoms with van der Waals surface area (Å²) in [7, 11) is 0. The molecule has 1 atom stereocenters. The lowest BCUT2D eigenvalue weighted by molar-refractivity contribution is 0.101. The molecule has 1 N–H and O–H groups in total. The highest BCUT2D eigenvalue weighted by Gasteiger charge is 2.29. The molecule has 0 heterocycles. The molecule has 0 aliphatic heterocycles. The summed E-state index contributed by atoms with van der Waals surface area (Å²) in [6, 6.07) is 9.60. The molecule has 19 heavy (non-hydrogen) atoms. The molecular weight excluding hydrogens is 331 g/mol. The first-order chi connectivity index (χ1) is 8.82. The van der Waals surface area contributed by atoms with Crippen molar-refractivity contribution in [3.63, 3.8) is 0 Å². The Morgan fingerprint density at radius 1 is 1.16 bits per heavy atom. The van der Waals surface area contributed by atoms with Gasteiger partial charge in [-0.25, -0.2) is 4.39 Å². The van der Waals surface area contributed by atoms with E-state index in [1.165, 1.54) is 12.1 Å². The van der Waals surface area contributed by atoms with Crippen LogP contribution in [-0.2, 0) is 5.60 Å². The lowest BCUT2D eigenvalue weighted by Gasteiger charge is -2.27. The molecule has 100 valence electrons. The van der Waals surface area contributed by atoms with Crippen LogP contribution in [-0.4, -0.2) is 5.11 Å². The maximum absolute atomic E-state index is 13.4. The smallest absolute Gasteiger partial charge is 0.123 e. The molecule has 0 radical (unpaired) electrons. The molecule has 2 aromatic rings. The van der Waals surface area contributed by atoms with Gasteiger partial charge in [0.15, 0.2) is 0 Å². The van der Waals surface area contributed by atoms with Crippen LogP contribution < -0.4 is 0 Å². The van der Waals surface area contributed by atoms with Gasteiger partial charge in [0, 0.05) is 15.1 Å². The summed E-state index contributed by atoms with van der Waals surface area (Å²) >= 11 is 9.49. The summed E-state index contributed by atoms with van der Waals surface area (Å²) in [6.45, 7) is 3.44. The number of benzene rings is 2. The SMILES string of the molecule is Cc1ccc(F)cc1C(C)(O)c1ccc(Br)cc1Cl. The van der Waals surface area contributed by atoms with Crippen LogP contribution in [0.25, 0.3) is 0 Å². The van der Waals surface area contributed by atoms with E-state index in [0.717, 1.165) is 10.0 Å². The van der Waals surface area contributed by atoms with Crippen LogP contribution >= 0.6 is 27.5 Å². The van der Waals surface area contributed by atoms with Crippen LogP contribution in [0, 0.1) is 12.7 Å². The summed E-state index contributed by atoms with van der Waals surface area (Å²) in [5.74, 6) is -0.380. The van der Waals surface area contributed by atoms with Crippen LogP contribution in [0.2, 0.25) is 5.02 Å². The molecule has 1 nitrogen and oxygen atoms in total. The van der Waals surface area contributed by atoms with E-state index in [4.69, 9.17) is 11.6 Å². The van der Waals surface area contributed by atoms with Gasteiger partial charge >= 0.3 is 0 Å². The summed E-state index contributed by atoms with van der Waals surface area (Å²) in [5, 5.41) is 11.2. The van der Waals surface area contributed by atoms with Gasteiger partial charge in [-0.15, -0.1) is 0 Å². The Bertz CT molecular complexity index is 626. The van der Waals surface area contributed by atoms with Gasteiger partial charge in [-0.2, -0.15) is 0 Å². The number of aliphatic hydroxyl groups is 1. The molecule has 0 fully saturated rings. The lowest BCUT2D eigenvalue weighted by atomic mass is 9.85. The van der Waals surface area contributed by atoms with Crippen molar-refractivity contribution in [3.8, 4) is 0 Å². The van der Waals surface area contributed by atoms with Crippen molar-refractivity contribution in [2.24, 2.45) is 0 Å². The number of hydrogen-bond donors (Lipinski definition) is 1. The first-order valence-corrected chi connectivity index (χ1v) is 6.94. The molecular formula is C15H13BrClFO. The minimum atomic E-state index is -1.34. The molecule has 0 bridgehead atoms. The van der Waals surface area contributed by atoms with E-state index >= 15 is 0 Å². The average Bonchev–Trinajstić information content (AvgIpc) is 2.31. The second kappa shape index (κ2) is 5.23. The molecule has 0 saturated carbocycles. The third-order valence-corrected chi connectivity index (χ3v) is 3.99. The zero-order valence-corrected chi connectivity index (χ0v) is 12.9. The summed E-state index contributed by atoms with van der Waals surface area (Å²) in [5.41, 5.74) is 0.525. The summed E-state index contributed by atoms with van der Waals surface area (Å²) < 4.78 is 14.2. The zero-order chi connectivity index (χ0) is 14.2. The van der Waals surface area contributed by atoms with Crippen LogP contribution in [0.3, 0.4) is 0 Å². The van der Waals surface area contributed by atoms with Crippen LogP contribution in [0.4, 0.5) is 4.39 Å². The van der Waals surface area contributed by atoms with Gasteiger partial charge < -0.3 is 5.11 Å². The standard InChI is InChI=1S/C15H13BrClFO/c1-9-3-5-11(18)8-13(9)15(2,19)12-6-4-10(16)7-14(12)17/h3-8,19H,1-2H3. The Hall–Kier alpha value is -0.900. The number of rotatable bonds is 2. The highest BCUT2D eigenvalue weighted by Crippen LogP contribution is 2.36. The molecule has 1 unspecified atom stereocenters. The van der Waals surface area contributed by atoms with Crippen molar-refractivity contribution in [1.29, 1.82) is 0 Å². The summed E-state index contributed by atoms with van der Waals surface area (Å²) in [4.78, 5) is 0. The summed E-state index contributed by atoms with van der Waals surface area (Å²) in [6.07, 6.45) is 0.